The highest BCUT2D eigenvalue weighted by Gasteiger charge is 2.18. The number of allylic oxidation sites excluding steroid dienone is 1. The Morgan fingerprint density at radius 1 is 1.00 bits per heavy atom. The average Bonchev–Trinajstić information content (AvgIpc) is 2.72. The fourth-order valence-corrected chi connectivity index (χ4v) is 4.22. The number of benzene rings is 1. The number of aryl methyl sites for hydroxylation is 1. The summed E-state index contributed by atoms with van der Waals surface area (Å²) in [7, 11) is 0. The van der Waals surface area contributed by atoms with Crippen LogP contribution in [0.3, 0.4) is 0 Å². The Kier molecular flexibility index (Phi) is 9.64. The molecule has 1 aromatic rings. The molecule has 0 atom stereocenters. The molecular formula is C25H34N2O. The van der Waals surface area contributed by atoms with Crippen molar-refractivity contribution in [3.63, 3.8) is 0 Å². The monoisotopic (exact) mass is 378 g/mol. The van der Waals surface area contributed by atoms with E-state index in [0.29, 0.717) is 29.4 Å². The van der Waals surface area contributed by atoms with Crippen LogP contribution in [-0.2, 0) is 6.42 Å². The van der Waals surface area contributed by atoms with Crippen LogP contribution in [0, 0.1) is 34.5 Å². The van der Waals surface area contributed by atoms with Crippen LogP contribution in [0.2, 0.25) is 0 Å². The van der Waals surface area contributed by atoms with E-state index in [0.717, 1.165) is 37.2 Å². The average molecular weight is 379 g/mol. The topological polar surface area (TPSA) is 56.8 Å². The third kappa shape index (κ3) is 6.42. The van der Waals surface area contributed by atoms with E-state index in [4.69, 9.17) is 4.74 Å². The molecule has 1 aliphatic rings. The minimum atomic E-state index is 0.380. The normalized spacial score (nSPS) is 19.3. The van der Waals surface area contributed by atoms with Gasteiger partial charge in [-0.15, -0.1) is 0 Å². The van der Waals surface area contributed by atoms with Crippen LogP contribution in [0.25, 0.3) is 0 Å². The Morgan fingerprint density at radius 2 is 1.75 bits per heavy atom. The molecular weight excluding hydrogens is 344 g/mol. The van der Waals surface area contributed by atoms with Gasteiger partial charge in [0.1, 0.15) is 30.1 Å². The Bertz CT molecular complexity index is 715. The smallest absolute Gasteiger partial charge is 0.138 e. The van der Waals surface area contributed by atoms with Crippen molar-refractivity contribution in [2.45, 2.75) is 78.1 Å². The van der Waals surface area contributed by atoms with Crippen molar-refractivity contribution >= 4 is 0 Å². The molecule has 0 saturated heterocycles. The van der Waals surface area contributed by atoms with E-state index < -0.39 is 0 Å². The molecule has 0 bridgehead atoms. The minimum Gasteiger partial charge on any atom is -0.488 e. The quantitative estimate of drug-likeness (QED) is 0.336. The molecule has 2 rings (SSSR count). The van der Waals surface area contributed by atoms with Gasteiger partial charge in [-0.1, -0.05) is 57.7 Å². The van der Waals surface area contributed by atoms with Crippen LogP contribution in [0.1, 0.15) is 88.3 Å². The van der Waals surface area contributed by atoms with Gasteiger partial charge in [0.25, 0.3) is 0 Å². The molecule has 150 valence electrons. The van der Waals surface area contributed by atoms with Crippen LogP contribution in [0.5, 0.6) is 5.75 Å². The summed E-state index contributed by atoms with van der Waals surface area (Å²) >= 11 is 0. The molecule has 1 aromatic carbocycles. The SMILES string of the molecule is CCCCCc1ccc(OCC=CC2CCC(CCC)CC2)c(C#N)c1C#N. The zero-order chi connectivity index (χ0) is 20.2. The summed E-state index contributed by atoms with van der Waals surface area (Å²) in [6, 6.07) is 8.20. The first-order chi connectivity index (χ1) is 13.7. The number of ether oxygens (including phenoxy) is 1. The number of hydrogen-bond donors (Lipinski definition) is 0. The van der Waals surface area contributed by atoms with Crippen molar-refractivity contribution in [2.75, 3.05) is 6.61 Å². The lowest BCUT2D eigenvalue weighted by Crippen LogP contribution is -2.13. The highest BCUT2D eigenvalue weighted by atomic mass is 16.5. The minimum absolute atomic E-state index is 0.380. The predicted octanol–water partition coefficient (Wildman–Crippen LogP) is 6.70. The maximum absolute atomic E-state index is 9.56. The second kappa shape index (κ2) is 12.2. The molecule has 0 aromatic heterocycles. The number of rotatable bonds is 10. The maximum Gasteiger partial charge on any atom is 0.138 e. The second-order valence-corrected chi connectivity index (χ2v) is 7.96. The predicted molar refractivity (Wildman–Crippen MR) is 114 cm³/mol. The van der Waals surface area contributed by atoms with E-state index in [-0.39, 0.29) is 0 Å². The number of nitriles is 2. The van der Waals surface area contributed by atoms with Crippen molar-refractivity contribution in [3.05, 3.63) is 41.0 Å². The fourth-order valence-electron chi connectivity index (χ4n) is 4.22. The van der Waals surface area contributed by atoms with Crippen LogP contribution < -0.4 is 4.74 Å². The maximum atomic E-state index is 9.56. The molecule has 1 fully saturated rings. The molecule has 0 N–H and O–H groups in total. The summed E-state index contributed by atoms with van der Waals surface area (Å²) in [4.78, 5) is 0. The van der Waals surface area contributed by atoms with Crippen LogP contribution >= 0.6 is 0 Å². The number of nitrogens with zero attached hydrogens (tertiary/aromatic N) is 2. The first-order valence-corrected chi connectivity index (χ1v) is 11.0. The van der Waals surface area contributed by atoms with Gasteiger partial charge in [0, 0.05) is 0 Å². The van der Waals surface area contributed by atoms with Gasteiger partial charge in [-0.25, -0.2) is 0 Å². The molecule has 3 heteroatoms. The molecule has 28 heavy (non-hydrogen) atoms. The summed E-state index contributed by atoms with van der Waals surface area (Å²) in [5.41, 5.74) is 1.82. The third-order valence-electron chi connectivity index (χ3n) is 5.86. The van der Waals surface area contributed by atoms with Gasteiger partial charge < -0.3 is 4.74 Å². The van der Waals surface area contributed by atoms with Crippen molar-refractivity contribution in [1.82, 2.24) is 0 Å². The standard InChI is InChI=1S/C25H34N2O/c1-3-5-6-10-22-15-16-25(24(19-27)23(22)18-26)28-17-7-9-21-13-11-20(8-4-2)12-14-21/h7,9,15-16,20-21H,3-6,8,10-14,17H2,1-2H3. The van der Waals surface area contributed by atoms with Crippen molar-refractivity contribution < 1.29 is 4.74 Å². The Labute approximate surface area is 171 Å². The number of hydrogen-bond acceptors (Lipinski definition) is 3. The molecule has 1 aliphatic carbocycles. The summed E-state index contributed by atoms with van der Waals surface area (Å²) in [6.07, 6.45) is 16.4. The molecule has 1 saturated carbocycles. The first kappa shape index (κ1) is 22.0. The van der Waals surface area contributed by atoms with Crippen molar-refractivity contribution in [3.8, 4) is 17.9 Å². The zero-order valence-electron chi connectivity index (χ0n) is 17.5. The van der Waals surface area contributed by atoms with Gasteiger partial charge in [-0.05, 0) is 62.0 Å². The van der Waals surface area contributed by atoms with Gasteiger partial charge in [0.2, 0.25) is 0 Å². The van der Waals surface area contributed by atoms with Crippen LogP contribution in [0.15, 0.2) is 24.3 Å². The van der Waals surface area contributed by atoms with Crippen molar-refractivity contribution in [2.24, 2.45) is 11.8 Å². The zero-order valence-corrected chi connectivity index (χ0v) is 17.5. The highest BCUT2D eigenvalue weighted by molar-refractivity contribution is 5.57. The first-order valence-electron chi connectivity index (χ1n) is 11.0. The van der Waals surface area contributed by atoms with Gasteiger partial charge in [0.15, 0.2) is 0 Å². The van der Waals surface area contributed by atoms with Gasteiger partial charge >= 0.3 is 0 Å². The Balaban J connectivity index is 1.92. The Hall–Kier alpha value is -2.26. The van der Waals surface area contributed by atoms with E-state index in [1.54, 1.807) is 0 Å². The van der Waals surface area contributed by atoms with Crippen molar-refractivity contribution in [1.29, 1.82) is 10.5 Å². The van der Waals surface area contributed by atoms with Crippen LogP contribution in [0.4, 0.5) is 0 Å². The van der Waals surface area contributed by atoms with Gasteiger partial charge in [0.05, 0.1) is 5.56 Å². The molecule has 0 spiro atoms. The lowest BCUT2D eigenvalue weighted by molar-refractivity contribution is 0.292. The van der Waals surface area contributed by atoms with Gasteiger partial charge in [-0.2, -0.15) is 10.5 Å². The molecule has 0 heterocycles. The largest absolute Gasteiger partial charge is 0.488 e. The van der Waals surface area contributed by atoms with Gasteiger partial charge in [-0.3, -0.25) is 0 Å². The lowest BCUT2D eigenvalue weighted by atomic mass is 9.80. The fraction of sp³-hybridized carbons (Fsp3) is 0.600. The Morgan fingerprint density at radius 3 is 2.39 bits per heavy atom. The third-order valence-corrected chi connectivity index (χ3v) is 5.86. The molecule has 3 nitrogen and oxygen atoms in total. The molecule has 0 amide bonds. The summed E-state index contributed by atoms with van der Waals surface area (Å²) in [6.45, 7) is 4.88. The molecule has 0 aliphatic heterocycles. The van der Waals surface area contributed by atoms with E-state index >= 15 is 0 Å². The van der Waals surface area contributed by atoms with E-state index in [9.17, 15) is 10.5 Å². The molecule has 0 radical (unpaired) electrons. The van der Waals surface area contributed by atoms with E-state index in [1.807, 2.05) is 12.1 Å². The molecule has 0 unspecified atom stereocenters. The second-order valence-electron chi connectivity index (χ2n) is 7.96. The summed E-state index contributed by atoms with van der Waals surface area (Å²) < 4.78 is 5.84. The summed E-state index contributed by atoms with van der Waals surface area (Å²) in [5.74, 6) is 2.10. The highest BCUT2D eigenvalue weighted by Crippen LogP contribution is 2.32. The lowest BCUT2D eigenvalue weighted by Gasteiger charge is -2.26. The van der Waals surface area contributed by atoms with E-state index in [1.165, 1.54) is 38.5 Å². The summed E-state index contributed by atoms with van der Waals surface area (Å²) in [5, 5.41) is 19.1. The number of unbranched alkanes of at least 4 members (excludes halogenated alkanes) is 2. The van der Waals surface area contributed by atoms with Crippen LogP contribution in [-0.4, -0.2) is 6.61 Å². The van der Waals surface area contributed by atoms with E-state index in [2.05, 4.69) is 38.1 Å².